The molecule has 2 heterocycles. The Morgan fingerprint density at radius 1 is 1.42 bits per heavy atom. The van der Waals surface area contributed by atoms with Crippen LogP contribution in [0.5, 0.6) is 0 Å². The maximum atomic E-state index is 11.2. The average Bonchev–Trinajstić information content (AvgIpc) is 2.06. The maximum Gasteiger partial charge on any atom is 0.316 e. The van der Waals surface area contributed by atoms with Crippen LogP contribution in [0.1, 0.15) is 10.5 Å². The summed E-state index contributed by atoms with van der Waals surface area (Å²) in [7, 11) is 0. The second kappa shape index (κ2) is 3.67. The van der Waals surface area contributed by atoms with E-state index in [0.717, 1.165) is 18.8 Å². The summed E-state index contributed by atoms with van der Waals surface area (Å²) in [5.41, 5.74) is 0.749. The van der Waals surface area contributed by atoms with E-state index >= 15 is 0 Å². The molecule has 0 aromatic carbocycles. The zero-order valence-corrected chi connectivity index (χ0v) is 8.04. The first kappa shape index (κ1) is 9.19. The topological polar surface area (TPSA) is 33.0 Å². The Kier molecular flexibility index (Phi) is 2.81. The summed E-state index contributed by atoms with van der Waals surface area (Å²) in [6, 6.07) is 5.63. The van der Waals surface area contributed by atoms with Gasteiger partial charge in [-0.2, -0.15) is 4.57 Å². The van der Waals surface area contributed by atoms with Crippen LogP contribution in [-0.2, 0) is 6.54 Å². The molecule has 0 saturated carbocycles. The van der Waals surface area contributed by atoms with E-state index in [4.69, 9.17) is 0 Å². The number of rotatable bonds is 0. The van der Waals surface area contributed by atoms with Gasteiger partial charge in [-0.15, -0.1) is 0 Å². The Hall–Kier alpha value is -0.900. The van der Waals surface area contributed by atoms with Crippen LogP contribution in [0.15, 0.2) is 24.4 Å². The number of carbonyl (C=O) groups is 1. The second-order valence-corrected chi connectivity index (χ2v) is 2.54. The zero-order chi connectivity index (χ0) is 7.68. The van der Waals surface area contributed by atoms with Crippen molar-refractivity contribution in [1.29, 1.82) is 0 Å². The monoisotopic (exact) mass is 228 g/mol. The molecule has 12 heavy (non-hydrogen) atoms. The van der Waals surface area contributed by atoms with Crippen molar-refractivity contribution in [2.75, 3.05) is 6.54 Å². The number of aromatic nitrogens is 1. The van der Waals surface area contributed by atoms with Crippen LogP contribution in [0.4, 0.5) is 0 Å². The Morgan fingerprint density at radius 3 is 3.00 bits per heavy atom. The third-order valence-electron chi connectivity index (χ3n) is 1.81. The molecular formula is C8H9BrN2O. The largest absolute Gasteiger partial charge is 1.00 e. The van der Waals surface area contributed by atoms with Gasteiger partial charge in [0.05, 0.1) is 6.54 Å². The van der Waals surface area contributed by atoms with Crippen molar-refractivity contribution in [2.45, 2.75) is 6.54 Å². The SMILES string of the molecule is O=C1NCC[n+]2ccccc21.[Br-]. The van der Waals surface area contributed by atoms with Crippen molar-refractivity contribution in [1.82, 2.24) is 5.32 Å². The minimum atomic E-state index is 0. The molecule has 4 heteroatoms. The minimum Gasteiger partial charge on any atom is -1.00 e. The molecular weight excluding hydrogens is 220 g/mol. The Morgan fingerprint density at radius 2 is 2.25 bits per heavy atom. The van der Waals surface area contributed by atoms with Crippen molar-refractivity contribution in [3.8, 4) is 0 Å². The molecule has 64 valence electrons. The molecule has 0 aliphatic carbocycles. The first-order valence-corrected chi connectivity index (χ1v) is 3.64. The summed E-state index contributed by atoms with van der Waals surface area (Å²) in [6.07, 6.45) is 1.92. The summed E-state index contributed by atoms with van der Waals surface area (Å²) in [5, 5.41) is 2.78. The van der Waals surface area contributed by atoms with Gasteiger partial charge in [0.25, 0.3) is 5.69 Å². The molecule has 0 saturated heterocycles. The molecule has 0 spiro atoms. The summed E-state index contributed by atoms with van der Waals surface area (Å²) >= 11 is 0. The quantitative estimate of drug-likeness (QED) is 0.465. The molecule has 1 aromatic rings. The van der Waals surface area contributed by atoms with Gasteiger partial charge in [0, 0.05) is 12.1 Å². The highest BCUT2D eigenvalue weighted by Gasteiger charge is 2.22. The van der Waals surface area contributed by atoms with Gasteiger partial charge in [0.1, 0.15) is 0 Å². The number of amides is 1. The van der Waals surface area contributed by atoms with Gasteiger partial charge in [-0.3, -0.25) is 4.79 Å². The first-order valence-electron chi connectivity index (χ1n) is 3.64. The number of carbonyl (C=O) groups excluding carboxylic acids is 1. The minimum absolute atomic E-state index is 0. The highest BCUT2D eigenvalue weighted by atomic mass is 79.9. The number of halogens is 1. The lowest BCUT2D eigenvalue weighted by molar-refractivity contribution is -0.699. The van der Waals surface area contributed by atoms with Crippen LogP contribution < -0.4 is 26.9 Å². The van der Waals surface area contributed by atoms with E-state index in [1.165, 1.54) is 0 Å². The predicted octanol–water partition coefficient (Wildman–Crippen LogP) is -3.28. The Balaban J connectivity index is 0.000000720. The third kappa shape index (κ3) is 1.48. The van der Waals surface area contributed by atoms with Crippen LogP contribution in [0.2, 0.25) is 0 Å². The van der Waals surface area contributed by atoms with Crippen molar-refractivity contribution >= 4 is 5.91 Å². The normalized spacial score (nSPS) is 14.2. The summed E-state index contributed by atoms with van der Waals surface area (Å²) in [6.45, 7) is 1.61. The Bertz CT molecular complexity index is 301. The standard InChI is InChI=1S/C8H8N2O.BrH/c11-8-7-3-1-2-5-10(7)6-4-9-8;/h1-3,5H,4,6H2;1H. The molecule has 2 rings (SSSR count). The number of nitrogens with zero attached hydrogens (tertiary/aromatic N) is 1. The molecule has 1 aliphatic heterocycles. The van der Waals surface area contributed by atoms with Crippen LogP contribution in [0, 0.1) is 0 Å². The number of fused-ring (bicyclic) bond motifs is 1. The van der Waals surface area contributed by atoms with Crippen molar-refractivity contribution in [3.05, 3.63) is 30.1 Å². The molecule has 1 N–H and O–H groups in total. The fraction of sp³-hybridized carbons (Fsp3) is 0.250. The smallest absolute Gasteiger partial charge is 0.316 e. The van der Waals surface area contributed by atoms with Crippen LogP contribution in [0.25, 0.3) is 0 Å². The Labute approximate surface area is 81.2 Å². The van der Waals surface area contributed by atoms with E-state index in [-0.39, 0.29) is 22.9 Å². The van der Waals surface area contributed by atoms with Gasteiger partial charge in [0.15, 0.2) is 12.7 Å². The molecule has 3 nitrogen and oxygen atoms in total. The van der Waals surface area contributed by atoms with Gasteiger partial charge in [-0.25, -0.2) is 0 Å². The summed E-state index contributed by atoms with van der Waals surface area (Å²) in [5.74, 6) is 0.0249. The van der Waals surface area contributed by atoms with Crippen LogP contribution >= 0.6 is 0 Å². The zero-order valence-electron chi connectivity index (χ0n) is 6.46. The fourth-order valence-electron chi connectivity index (χ4n) is 1.26. The van der Waals surface area contributed by atoms with E-state index < -0.39 is 0 Å². The molecule has 0 radical (unpaired) electrons. The van der Waals surface area contributed by atoms with E-state index in [2.05, 4.69) is 5.32 Å². The highest BCUT2D eigenvalue weighted by Crippen LogP contribution is 1.94. The third-order valence-corrected chi connectivity index (χ3v) is 1.81. The van der Waals surface area contributed by atoms with E-state index in [9.17, 15) is 4.79 Å². The maximum absolute atomic E-state index is 11.2. The molecule has 0 atom stereocenters. The number of hydrogen-bond donors (Lipinski definition) is 1. The van der Waals surface area contributed by atoms with Gasteiger partial charge in [-0.05, 0) is 6.07 Å². The number of pyridine rings is 1. The molecule has 1 aromatic heterocycles. The fourth-order valence-corrected chi connectivity index (χ4v) is 1.26. The predicted molar refractivity (Wildman–Crippen MR) is 39.0 cm³/mol. The molecule has 1 amide bonds. The molecule has 0 unspecified atom stereocenters. The lowest BCUT2D eigenvalue weighted by Crippen LogP contribution is -3.00. The second-order valence-electron chi connectivity index (χ2n) is 2.54. The summed E-state index contributed by atoms with van der Waals surface area (Å²) < 4.78 is 1.96. The molecule has 1 aliphatic rings. The van der Waals surface area contributed by atoms with Gasteiger partial charge >= 0.3 is 5.91 Å². The number of hydrogen-bond acceptors (Lipinski definition) is 1. The van der Waals surface area contributed by atoms with Crippen molar-refractivity contribution < 1.29 is 26.3 Å². The van der Waals surface area contributed by atoms with E-state index in [1.807, 2.05) is 29.0 Å². The van der Waals surface area contributed by atoms with Crippen LogP contribution in [-0.4, -0.2) is 12.5 Å². The first-order chi connectivity index (χ1) is 5.38. The van der Waals surface area contributed by atoms with Gasteiger partial charge in [-0.1, -0.05) is 0 Å². The lowest BCUT2D eigenvalue weighted by Gasteiger charge is -2.09. The van der Waals surface area contributed by atoms with Gasteiger partial charge < -0.3 is 22.3 Å². The number of nitrogens with one attached hydrogen (secondary N) is 1. The van der Waals surface area contributed by atoms with E-state index in [1.54, 1.807) is 0 Å². The lowest BCUT2D eigenvalue weighted by atomic mass is 10.3. The van der Waals surface area contributed by atoms with E-state index in [0.29, 0.717) is 0 Å². The average molecular weight is 229 g/mol. The van der Waals surface area contributed by atoms with Crippen LogP contribution in [0.3, 0.4) is 0 Å². The van der Waals surface area contributed by atoms with Crippen molar-refractivity contribution in [3.63, 3.8) is 0 Å². The van der Waals surface area contributed by atoms with Crippen molar-refractivity contribution in [2.24, 2.45) is 0 Å². The molecule has 0 bridgehead atoms. The highest BCUT2D eigenvalue weighted by molar-refractivity contribution is 5.91. The van der Waals surface area contributed by atoms with Gasteiger partial charge in [0.2, 0.25) is 0 Å². The molecule has 0 fully saturated rings. The summed E-state index contributed by atoms with van der Waals surface area (Å²) in [4.78, 5) is 11.2.